The van der Waals surface area contributed by atoms with Gasteiger partial charge in [-0.2, -0.15) is 0 Å². The Morgan fingerprint density at radius 3 is 2.89 bits per heavy atom. The molecule has 1 amide bonds. The zero-order valence-corrected chi connectivity index (χ0v) is 11.0. The number of carbonyl (C=O) groups is 1. The smallest absolute Gasteiger partial charge is 0.253 e. The Morgan fingerprint density at radius 2 is 2.22 bits per heavy atom. The minimum absolute atomic E-state index is 0.122. The summed E-state index contributed by atoms with van der Waals surface area (Å²) >= 11 is 0. The second-order valence-electron chi connectivity index (χ2n) is 4.00. The van der Waals surface area contributed by atoms with Crippen LogP contribution in [0.2, 0.25) is 0 Å². The number of hydrazine groups is 1. The highest BCUT2D eigenvalue weighted by molar-refractivity contribution is 5.99. The van der Waals surface area contributed by atoms with E-state index in [4.69, 9.17) is 10.6 Å². The number of anilines is 1. The molecule has 0 heterocycles. The maximum absolute atomic E-state index is 12.0. The van der Waals surface area contributed by atoms with Crippen LogP contribution in [0.15, 0.2) is 18.2 Å². The van der Waals surface area contributed by atoms with E-state index in [1.807, 2.05) is 26.0 Å². The van der Waals surface area contributed by atoms with Gasteiger partial charge >= 0.3 is 0 Å². The number of rotatable bonds is 7. The minimum Gasteiger partial charge on any atom is -0.382 e. The van der Waals surface area contributed by atoms with Crippen LogP contribution in [0.3, 0.4) is 0 Å². The first-order chi connectivity index (χ1) is 8.69. The molecule has 0 saturated heterocycles. The number of hydrogen-bond acceptors (Lipinski definition) is 4. The fraction of sp³-hybridized carbons (Fsp3) is 0.462. The second kappa shape index (κ2) is 7.68. The predicted octanol–water partition coefficient (Wildman–Crippen LogP) is 1.44. The van der Waals surface area contributed by atoms with Crippen LogP contribution in [0.5, 0.6) is 0 Å². The topological polar surface area (TPSA) is 76.4 Å². The first-order valence-corrected chi connectivity index (χ1v) is 6.12. The van der Waals surface area contributed by atoms with Gasteiger partial charge in [0.25, 0.3) is 5.91 Å². The molecule has 0 atom stereocenters. The first-order valence-electron chi connectivity index (χ1n) is 6.12. The number of nitrogens with one attached hydrogen (secondary N) is 2. The van der Waals surface area contributed by atoms with Gasteiger partial charge in [-0.3, -0.25) is 10.6 Å². The second-order valence-corrected chi connectivity index (χ2v) is 4.00. The molecule has 5 heteroatoms. The van der Waals surface area contributed by atoms with Crippen LogP contribution in [-0.2, 0) is 4.74 Å². The Morgan fingerprint density at radius 1 is 1.44 bits per heavy atom. The zero-order chi connectivity index (χ0) is 13.4. The van der Waals surface area contributed by atoms with Crippen molar-refractivity contribution >= 4 is 11.6 Å². The van der Waals surface area contributed by atoms with Gasteiger partial charge in [0.2, 0.25) is 0 Å². The maximum atomic E-state index is 12.0. The van der Waals surface area contributed by atoms with Crippen molar-refractivity contribution in [3.8, 4) is 0 Å². The van der Waals surface area contributed by atoms with Gasteiger partial charge in [-0.25, -0.2) is 0 Å². The van der Waals surface area contributed by atoms with E-state index in [2.05, 4.69) is 10.7 Å². The molecule has 4 N–H and O–H groups in total. The molecule has 0 unspecified atom stereocenters. The Labute approximate surface area is 108 Å². The molecule has 0 bridgehead atoms. The quantitative estimate of drug-likeness (QED) is 0.389. The lowest BCUT2D eigenvalue weighted by Gasteiger charge is -2.10. The summed E-state index contributed by atoms with van der Waals surface area (Å²) in [4.78, 5) is 12.0. The van der Waals surface area contributed by atoms with E-state index >= 15 is 0 Å². The van der Waals surface area contributed by atoms with Crippen molar-refractivity contribution < 1.29 is 9.53 Å². The summed E-state index contributed by atoms with van der Waals surface area (Å²) in [5.74, 6) is 5.26. The van der Waals surface area contributed by atoms with E-state index in [9.17, 15) is 4.79 Å². The number of aryl methyl sites for hydroxylation is 1. The van der Waals surface area contributed by atoms with Gasteiger partial charge in [0.05, 0.1) is 11.3 Å². The predicted molar refractivity (Wildman–Crippen MR) is 72.4 cm³/mol. The number of nitrogens with two attached hydrogens (primary N) is 1. The lowest BCUT2D eigenvalue weighted by Crippen LogP contribution is -2.27. The fourth-order valence-electron chi connectivity index (χ4n) is 1.59. The van der Waals surface area contributed by atoms with Crippen LogP contribution in [-0.4, -0.2) is 25.7 Å². The molecule has 1 aromatic rings. The SMILES string of the molecule is CCOCCCNC(=O)c1cc(C)ccc1NN. The Balaban J connectivity index is 2.52. The van der Waals surface area contributed by atoms with Crippen LogP contribution < -0.4 is 16.6 Å². The van der Waals surface area contributed by atoms with E-state index in [-0.39, 0.29) is 5.91 Å². The number of carbonyl (C=O) groups excluding carboxylic acids is 1. The van der Waals surface area contributed by atoms with Crippen LogP contribution >= 0.6 is 0 Å². The van der Waals surface area contributed by atoms with E-state index in [0.29, 0.717) is 31.0 Å². The average Bonchev–Trinajstić information content (AvgIpc) is 2.38. The van der Waals surface area contributed by atoms with Crippen molar-refractivity contribution in [2.24, 2.45) is 5.84 Å². The summed E-state index contributed by atoms with van der Waals surface area (Å²) < 4.78 is 5.20. The van der Waals surface area contributed by atoms with Gasteiger partial charge in [-0.05, 0) is 32.4 Å². The molecule has 0 aromatic heterocycles. The molecule has 100 valence electrons. The van der Waals surface area contributed by atoms with E-state index in [1.165, 1.54) is 0 Å². The molecule has 0 spiro atoms. The van der Waals surface area contributed by atoms with Gasteiger partial charge in [-0.1, -0.05) is 11.6 Å². The summed E-state index contributed by atoms with van der Waals surface area (Å²) in [6, 6.07) is 5.51. The van der Waals surface area contributed by atoms with Crippen LogP contribution in [0.4, 0.5) is 5.69 Å². The lowest BCUT2D eigenvalue weighted by molar-refractivity contribution is 0.0945. The van der Waals surface area contributed by atoms with E-state index in [0.717, 1.165) is 12.0 Å². The molecule has 0 saturated carbocycles. The van der Waals surface area contributed by atoms with Crippen molar-refractivity contribution in [2.75, 3.05) is 25.2 Å². The zero-order valence-electron chi connectivity index (χ0n) is 11.0. The third-order valence-electron chi connectivity index (χ3n) is 2.53. The van der Waals surface area contributed by atoms with Gasteiger partial charge in [0, 0.05) is 19.8 Å². The summed E-state index contributed by atoms with van der Waals surface area (Å²) in [7, 11) is 0. The average molecular weight is 251 g/mol. The highest BCUT2D eigenvalue weighted by atomic mass is 16.5. The molecule has 0 aliphatic rings. The lowest BCUT2D eigenvalue weighted by atomic mass is 10.1. The van der Waals surface area contributed by atoms with Gasteiger partial charge < -0.3 is 15.5 Å². The molecular formula is C13H21N3O2. The van der Waals surface area contributed by atoms with Crippen LogP contribution in [0.25, 0.3) is 0 Å². The number of amides is 1. The highest BCUT2D eigenvalue weighted by Gasteiger charge is 2.10. The highest BCUT2D eigenvalue weighted by Crippen LogP contribution is 2.15. The number of benzene rings is 1. The van der Waals surface area contributed by atoms with Crippen molar-refractivity contribution in [3.05, 3.63) is 29.3 Å². The molecule has 0 aliphatic carbocycles. The van der Waals surface area contributed by atoms with Crippen LogP contribution in [0.1, 0.15) is 29.3 Å². The summed E-state index contributed by atoms with van der Waals surface area (Å²) in [5.41, 5.74) is 4.74. The number of nitrogen functional groups attached to an aromatic ring is 1. The monoisotopic (exact) mass is 251 g/mol. The Hall–Kier alpha value is -1.59. The summed E-state index contributed by atoms with van der Waals surface area (Å²) in [6.07, 6.45) is 0.802. The molecule has 5 nitrogen and oxygen atoms in total. The minimum atomic E-state index is -0.122. The van der Waals surface area contributed by atoms with Crippen LogP contribution in [0, 0.1) is 6.92 Å². The van der Waals surface area contributed by atoms with Crippen molar-refractivity contribution in [1.82, 2.24) is 5.32 Å². The normalized spacial score (nSPS) is 10.2. The summed E-state index contributed by atoms with van der Waals surface area (Å²) in [6.45, 7) is 5.84. The standard InChI is InChI=1S/C13H21N3O2/c1-3-18-8-4-7-15-13(17)11-9-10(2)5-6-12(11)16-14/h5-6,9,16H,3-4,7-8,14H2,1-2H3,(H,15,17). The Kier molecular flexibility index (Phi) is 6.18. The third kappa shape index (κ3) is 4.35. The fourth-order valence-corrected chi connectivity index (χ4v) is 1.59. The largest absolute Gasteiger partial charge is 0.382 e. The molecule has 0 aliphatic heterocycles. The molecule has 0 radical (unpaired) electrons. The third-order valence-corrected chi connectivity index (χ3v) is 2.53. The summed E-state index contributed by atoms with van der Waals surface area (Å²) in [5, 5.41) is 2.85. The van der Waals surface area contributed by atoms with Crippen molar-refractivity contribution in [2.45, 2.75) is 20.3 Å². The molecule has 1 aromatic carbocycles. The van der Waals surface area contributed by atoms with Crippen molar-refractivity contribution in [1.29, 1.82) is 0 Å². The molecule has 18 heavy (non-hydrogen) atoms. The number of hydrogen-bond donors (Lipinski definition) is 3. The molecular weight excluding hydrogens is 230 g/mol. The van der Waals surface area contributed by atoms with Gasteiger partial charge in [-0.15, -0.1) is 0 Å². The number of ether oxygens (including phenoxy) is 1. The maximum Gasteiger partial charge on any atom is 0.253 e. The Bertz CT molecular complexity index is 394. The van der Waals surface area contributed by atoms with Gasteiger partial charge in [0.15, 0.2) is 0 Å². The first kappa shape index (κ1) is 14.5. The van der Waals surface area contributed by atoms with E-state index in [1.54, 1.807) is 6.07 Å². The van der Waals surface area contributed by atoms with Gasteiger partial charge in [0.1, 0.15) is 0 Å². The van der Waals surface area contributed by atoms with Crippen molar-refractivity contribution in [3.63, 3.8) is 0 Å². The molecule has 1 rings (SSSR count). The van der Waals surface area contributed by atoms with E-state index < -0.39 is 0 Å². The molecule has 0 fully saturated rings.